The second-order valence-corrected chi connectivity index (χ2v) is 10.8. The summed E-state index contributed by atoms with van der Waals surface area (Å²) in [6, 6.07) is 7.03. The number of aromatic amines is 2. The van der Waals surface area contributed by atoms with Crippen LogP contribution in [0.5, 0.6) is 0 Å². The predicted molar refractivity (Wildman–Crippen MR) is 151 cm³/mol. The number of carbonyl (C=O) groups is 2. The number of aromatic nitrogens is 7. The number of nitrogens with one attached hydrogen (secondary N) is 3. The molecule has 6 heterocycles. The van der Waals surface area contributed by atoms with E-state index in [0.29, 0.717) is 45.1 Å². The van der Waals surface area contributed by atoms with Gasteiger partial charge in [0.2, 0.25) is 5.91 Å². The molecular weight excluding hydrogens is 531 g/mol. The molecule has 0 saturated carbocycles. The van der Waals surface area contributed by atoms with Crippen molar-refractivity contribution in [1.29, 1.82) is 0 Å². The predicted octanol–water partition coefficient (Wildman–Crippen LogP) is 6.01. The van der Waals surface area contributed by atoms with Gasteiger partial charge in [0.1, 0.15) is 22.7 Å². The Morgan fingerprint density at radius 2 is 1.95 bits per heavy atom. The number of halogens is 1. The Morgan fingerprint density at radius 1 is 1.10 bits per heavy atom. The molecule has 40 heavy (non-hydrogen) atoms. The fraction of sp³-hybridized carbons (Fsp3) is 0.179. The highest BCUT2D eigenvalue weighted by Gasteiger charge is 2.22. The van der Waals surface area contributed by atoms with Gasteiger partial charge in [0.05, 0.1) is 32.5 Å². The molecule has 0 radical (unpaired) electrons. The quantitative estimate of drug-likeness (QED) is 0.205. The summed E-state index contributed by atoms with van der Waals surface area (Å²) in [6.07, 6.45) is 6.45. The number of thiophene rings is 1. The molecule has 0 aliphatic heterocycles. The molecule has 0 aliphatic rings. The number of Topliss-reactive ketones (excluding diaryl/α,β-unsaturated/α-hetero) is 1. The van der Waals surface area contributed by atoms with Crippen LogP contribution in [-0.4, -0.2) is 46.8 Å². The molecule has 12 heteroatoms. The van der Waals surface area contributed by atoms with Gasteiger partial charge in [0.15, 0.2) is 17.3 Å². The van der Waals surface area contributed by atoms with Gasteiger partial charge < -0.3 is 10.3 Å². The zero-order valence-electron chi connectivity index (χ0n) is 21.7. The zero-order chi connectivity index (χ0) is 28.0. The summed E-state index contributed by atoms with van der Waals surface area (Å²) in [5, 5.41) is 10.1. The lowest BCUT2D eigenvalue weighted by Gasteiger charge is -2.09. The normalized spacial score (nSPS) is 11.5. The van der Waals surface area contributed by atoms with Crippen LogP contribution in [0.2, 0.25) is 0 Å². The minimum absolute atomic E-state index is 0.0217. The van der Waals surface area contributed by atoms with E-state index in [1.54, 1.807) is 24.4 Å². The number of H-pyrrole nitrogens is 2. The first kappa shape index (κ1) is 25.4. The Balaban J connectivity index is 1.41. The molecule has 3 N–H and O–H groups in total. The number of pyridine rings is 3. The number of nitrogens with zero attached hydrogens (tertiary/aromatic N) is 5. The summed E-state index contributed by atoms with van der Waals surface area (Å²) in [5.74, 6) is -0.174. The van der Waals surface area contributed by atoms with Crippen LogP contribution in [0.3, 0.4) is 0 Å². The van der Waals surface area contributed by atoms with E-state index in [1.165, 1.54) is 36.9 Å². The summed E-state index contributed by atoms with van der Waals surface area (Å²) in [7, 11) is 0. The molecule has 6 rings (SSSR count). The molecule has 0 atom stereocenters. The summed E-state index contributed by atoms with van der Waals surface area (Å²) in [5.41, 5.74) is 3.51. The standard InChI is InChI=1S/C28H23FN8O2S/c1-13(2)8-21(39)33-16-9-15(10-30-11-16)17-12-32-27-22(23(17)29)26(36-37-27)28-34-18-6-7-31-25(24(18)35-28)20-5-4-19(40-20)14(3)38/h4-7,9-13H,8H2,1-3H3,(H,33,39)(H,34,35)(H,32,36,37). The lowest BCUT2D eigenvalue weighted by molar-refractivity contribution is -0.116. The van der Waals surface area contributed by atoms with Crippen molar-refractivity contribution in [1.82, 2.24) is 35.1 Å². The van der Waals surface area contributed by atoms with E-state index in [1.807, 2.05) is 19.9 Å². The second kappa shape index (κ2) is 10.0. The highest BCUT2D eigenvalue weighted by Crippen LogP contribution is 2.35. The van der Waals surface area contributed by atoms with Crippen molar-refractivity contribution in [3.05, 3.63) is 59.7 Å². The first-order chi connectivity index (χ1) is 19.3. The van der Waals surface area contributed by atoms with Gasteiger partial charge in [0, 0.05) is 36.1 Å². The van der Waals surface area contributed by atoms with Crippen LogP contribution in [0.25, 0.3) is 55.3 Å². The maximum atomic E-state index is 16.1. The third-order valence-corrected chi connectivity index (χ3v) is 7.46. The van der Waals surface area contributed by atoms with Gasteiger partial charge in [-0.15, -0.1) is 11.3 Å². The van der Waals surface area contributed by atoms with Crippen molar-refractivity contribution >= 4 is 50.8 Å². The molecule has 0 aromatic carbocycles. The third kappa shape index (κ3) is 4.62. The molecule has 200 valence electrons. The topological polar surface area (TPSA) is 142 Å². The zero-order valence-corrected chi connectivity index (χ0v) is 22.6. The van der Waals surface area contributed by atoms with E-state index in [4.69, 9.17) is 4.98 Å². The van der Waals surface area contributed by atoms with E-state index in [2.05, 4.69) is 35.5 Å². The van der Waals surface area contributed by atoms with Crippen molar-refractivity contribution in [3.63, 3.8) is 0 Å². The maximum Gasteiger partial charge on any atom is 0.224 e. The van der Waals surface area contributed by atoms with Gasteiger partial charge in [-0.3, -0.25) is 24.7 Å². The van der Waals surface area contributed by atoms with Gasteiger partial charge in [-0.1, -0.05) is 13.8 Å². The number of fused-ring (bicyclic) bond motifs is 2. The Hall–Kier alpha value is -4.84. The van der Waals surface area contributed by atoms with Crippen LogP contribution < -0.4 is 5.32 Å². The molecule has 0 bridgehead atoms. The second-order valence-electron chi connectivity index (χ2n) is 9.75. The molecule has 10 nitrogen and oxygen atoms in total. The van der Waals surface area contributed by atoms with Crippen molar-refractivity contribution in [2.75, 3.05) is 5.32 Å². The molecule has 0 spiro atoms. The van der Waals surface area contributed by atoms with E-state index in [-0.39, 0.29) is 39.9 Å². The number of ketones is 1. The van der Waals surface area contributed by atoms with E-state index >= 15 is 4.39 Å². The summed E-state index contributed by atoms with van der Waals surface area (Å²) < 4.78 is 16.1. The molecule has 0 fully saturated rings. The monoisotopic (exact) mass is 554 g/mol. The molecule has 0 saturated heterocycles. The molecule has 6 aromatic rings. The fourth-order valence-electron chi connectivity index (χ4n) is 4.45. The number of hydrogen-bond donors (Lipinski definition) is 3. The number of rotatable bonds is 7. The third-order valence-electron chi connectivity index (χ3n) is 6.26. The van der Waals surface area contributed by atoms with E-state index < -0.39 is 5.82 Å². The SMILES string of the molecule is CC(=O)c1ccc(-c2nccc3[nH]c(-c4n[nH]c5ncc(-c6cncc(NC(=O)CC(C)C)c6)c(F)c45)nc23)s1. The molecular formula is C28H23FN8O2S. The van der Waals surface area contributed by atoms with Gasteiger partial charge >= 0.3 is 0 Å². The van der Waals surface area contributed by atoms with Gasteiger partial charge in [-0.25, -0.2) is 14.4 Å². The molecule has 1 amide bonds. The number of imidazole rings is 1. The highest BCUT2D eigenvalue weighted by atomic mass is 32.1. The molecule has 6 aromatic heterocycles. The van der Waals surface area contributed by atoms with Crippen LogP contribution in [-0.2, 0) is 4.79 Å². The van der Waals surface area contributed by atoms with Crippen LogP contribution in [0.1, 0.15) is 36.9 Å². The molecule has 0 aliphatic carbocycles. The van der Waals surface area contributed by atoms with Crippen molar-refractivity contribution < 1.29 is 14.0 Å². The highest BCUT2D eigenvalue weighted by molar-refractivity contribution is 7.17. The number of carbonyl (C=O) groups excluding carboxylic acids is 2. The number of anilines is 1. The van der Waals surface area contributed by atoms with Gasteiger partial charge in [-0.05, 0) is 37.1 Å². The summed E-state index contributed by atoms with van der Waals surface area (Å²) >= 11 is 1.34. The minimum atomic E-state index is -0.552. The summed E-state index contributed by atoms with van der Waals surface area (Å²) in [4.78, 5) is 46.4. The van der Waals surface area contributed by atoms with Crippen molar-refractivity contribution in [2.45, 2.75) is 27.2 Å². The van der Waals surface area contributed by atoms with Crippen LogP contribution >= 0.6 is 11.3 Å². The first-order valence-corrected chi connectivity index (χ1v) is 13.3. The van der Waals surface area contributed by atoms with Gasteiger partial charge in [-0.2, -0.15) is 5.10 Å². The van der Waals surface area contributed by atoms with Crippen LogP contribution in [0.4, 0.5) is 10.1 Å². The van der Waals surface area contributed by atoms with Crippen LogP contribution in [0.15, 0.2) is 49.1 Å². The average Bonchev–Trinajstić information content (AvgIpc) is 3.66. The fourth-order valence-corrected chi connectivity index (χ4v) is 5.35. The Morgan fingerprint density at radius 3 is 2.73 bits per heavy atom. The van der Waals surface area contributed by atoms with E-state index in [9.17, 15) is 9.59 Å². The summed E-state index contributed by atoms with van der Waals surface area (Å²) in [6.45, 7) is 5.43. The minimum Gasteiger partial charge on any atom is -0.336 e. The Kier molecular flexibility index (Phi) is 6.39. The van der Waals surface area contributed by atoms with Crippen molar-refractivity contribution in [2.24, 2.45) is 5.92 Å². The number of hydrogen-bond acceptors (Lipinski definition) is 8. The van der Waals surface area contributed by atoms with E-state index in [0.717, 1.165) is 4.88 Å². The lowest BCUT2D eigenvalue weighted by Crippen LogP contribution is -2.14. The first-order valence-electron chi connectivity index (χ1n) is 12.5. The van der Waals surface area contributed by atoms with Crippen molar-refractivity contribution in [3.8, 4) is 33.2 Å². The van der Waals surface area contributed by atoms with Gasteiger partial charge in [0.25, 0.3) is 0 Å². The average molecular weight is 555 g/mol. The number of amides is 1. The smallest absolute Gasteiger partial charge is 0.224 e. The maximum absolute atomic E-state index is 16.1. The largest absolute Gasteiger partial charge is 0.336 e. The van der Waals surface area contributed by atoms with Crippen LogP contribution in [0, 0.1) is 11.7 Å². The lowest BCUT2D eigenvalue weighted by atomic mass is 10.1. The molecule has 0 unspecified atom stereocenters. The Labute approximate surface area is 231 Å². The Bertz CT molecular complexity index is 1920.